The first-order chi connectivity index (χ1) is 16.8. The van der Waals surface area contributed by atoms with E-state index in [4.69, 9.17) is 0 Å². The summed E-state index contributed by atoms with van der Waals surface area (Å²) in [6.07, 6.45) is 5.48. The number of aryl methyl sites for hydroxylation is 4. The normalized spacial score (nSPS) is 10.6. The van der Waals surface area contributed by atoms with E-state index < -0.39 is 0 Å². The van der Waals surface area contributed by atoms with Gasteiger partial charge >= 0.3 is 0 Å². The fourth-order valence-electron chi connectivity index (χ4n) is 4.57. The maximum atomic E-state index is 9.55. The molecule has 0 aliphatic rings. The van der Waals surface area contributed by atoms with Gasteiger partial charge in [-0.1, -0.05) is 52.0 Å². The average Bonchev–Trinajstić information content (AvgIpc) is 3.24. The van der Waals surface area contributed by atoms with E-state index in [2.05, 4.69) is 81.0 Å². The van der Waals surface area contributed by atoms with Crippen LogP contribution in [0.5, 0.6) is 5.75 Å². The van der Waals surface area contributed by atoms with Crippen molar-refractivity contribution in [3.63, 3.8) is 0 Å². The summed E-state index contributed by atoms with van der Waals surface area (Å²) >= 11 is 0. The molecule has 187 valence electrons. The Morgan fingerprint density at radius 3 is 2.28 bits per heavy atom. The Hall–Kier alpha value is -3.27. The van der Waals surface area contributed by atoms with Crippen molar-refractivity contribution >= 4 is 10.8 Å². The number of hydrogen-bond donors (Lipinski definition) is 1. The maximum absolute atomic E-state index is 9.55. The minimum atomic E-state index is 0. The second kappa shape index (κ2) is 11.6. The van der Waals surface area contributed by atoms with Crippen LogP contribution in [0.4, 0.5) is 0 Å². The van der Waals surface area contributed by atoms with Gasteiger partial charge in [0.15, 0.2) is 0 Å². The molecule has 0 saturated carbocycles. The van der Waals surface area contributed by atoms with Gasteiger partial charge in [-0.2, -0.15) is 0 Å². The Labute approximate surface area is 227 Å². The van der Waals surface area contributed by atoms with Gasteiger partial charge in [0, 0.05) is 45.7 Å². The number of aromatic hydroxyl groups is 1. The molecule has 2 heterocycles. The van der Waals surface area contributed by atoms with Crippen LogP contribution >= 0.6 is 0 Å². The van der Waals surface area contributed by atoms with Crippen LogP contribution in [0.15, 0.2) is 73.2 Å². The van der Waals surface area contributed by atoms with E-state index >= 15 is 0 Å². The van der Waals surface area contributed by atoms with Crippen molar-refractivity contribution in [3.05, 3.63) is 102 Å². The molecular weight excluding hydrogens is 623 g/mol. The van der Waals surface area contributed by atoms with Gasteiger partial charge in [0.05, 0.1) is 5.56 Å². The van der Waals surface area contributed by atoms with Crippen molar-refractivity contribution in [1.29, 1.82) is 0 Å². The van der Waals surface area contributed by atoms with Gasteiger partial charge in [-0.25, -0.2) is 4.98 Å². The molecule has 36 heavy (non-hydrogen) atoms. The fourth-order valence-corrected chi connectivity index (χ4v) is 4.57. The van der Waals surface area contributed by atoms with E-state index in [0.29, 0.717) is 5.92 Å². The zero-order chi connectivity index (χ0) is 25.1. The van der Waals surface area contributed by atoms with Crippen molar-refractivity contribution < 1.29 is 25.2 Å². The molecule has 0 fully saturated rings. The molecule has 0 saturated heterocycles. The third-order valence-electron chi connectivity index (χ3n) is 6.25. The molecule has 0 atom stereocenters. The van der Waals surface area contributed by atoms with Gasteiger partial charge < -0.3 is 14.7 Å². The summed E-state index contributed by atoms with van der Waals surface area (Å²) in [6.45, 7) is 10.9. The minimum absolute atomic E-state index is 0. The number of nitrogens with zero attached hydrogens (tertiary/aromatic N) is 3. The van der Waals surface area contributed by atoms with Gasteiger partial charge in [0.1, 0.15) is 11.6 Å². The molecule has 4 nitrogen and oxygen atoms in total. The number of imidazole rings is 1. The van der Waals surface area contributed by atoms with Crippen LogP contribution < -0.4 is 0 Å². The van der Waals surface area contributed by atoms with Gasteiger partial charge in [-0.15, -0.1) is 34.9 Å². The second-order valence-corrected chi connectivity index (χ2v) is 9.32. The fraction of sp³-hybridized carbons (Fsp3) is 0.226. The quantitative estimate of drug-likeness (QED) is 0.205. The first kappa shape index (κ1) is 27.3. The first-order valence-corrected chi connectivity index (χ1v) is 11.9. The summed E-state index contributed by atoms with van der Waals surface area (Å²) in [5.74, 6) is 1.57. The third kappa shape index (κ3) is 5.75. The molecule has 5 rings (SSSR count). The van der Waals surface area contributed by atoms with Crippen molar-refractivity contribution in [3.8, 4) is 28.4 Å². The van der Waals surface area contributed by atoms with E-state index in [0.717, 1.165) is 28.2 Å². The SMILES string of the molecule is Cc1[c-]c(-c2nccc3c(C)c(C(C)C)ccc23)cc(C)c1.Cn1ccnc1-c1ccccc1O.[Ir]. The number of para-hydroxylation sites is 1. The summed E-state index contributed by atoms with van der Waals surface area (Å²) in [7, 11) is 1.90. The molecule has 0 aliphatic heterocycles. The van der Waals surface area contributed by atoms with E-state index in [9.17, 15) is 5.11 Å². The molecule has 3 aromatic carbocycles. The minimum Gasteiger partial charge on any atom is -0.507 e. The molecule has 5 heteroatoms. The summed E-state index contributed by atoms with van der Waals surface area (Å²) in [5, 5.41) is 12.1. The molecular formula is C31H32IrN3O-. The molecule has 1 radical (unpaired) electrons. The summed E-state index contributed by atoms with van der Waals surface area (Å²) in [6, 6.07) is 21.5. The van der Waals surface area contributed by atoms with Gasteiger partial charge in [-0.05, 0) is 58.6 Å². The van der Waals surface area contributed by atoms with Crippen molar-refractivity contribution in [2.75, 3.05) is 0 Å². The number of benzene rings is 3. The summed E-state index contributed by atoms with van der Waals surface area (Å²) < 4.78 is 1.87. The number of rotatable bonds is 3. The molecule has 2 aromatic heterocycles. The Kier molecular flexibility index (Phi) is 8.84. The molecule has 0 spiro atoms. The zero-order valence-corrected chi connectivity index (χ0v) is 24.0. The number of aromatic nitrogens is 3. The Morgan fingerprint density at radius 2 is 1.64 bits per heavy atom. The largest absolute Gasteiger partial charge is 0.507 e. The zero-order valence-electron chi connectivity index (χ0n) is 21.6. The van der Waals surface area contributed by atoms with Gasteiger partial charge in [-0.3, -0.25) is 0 Å². The Bertz CT molecular complexity index is 1470. The predicted molar refractivity (Wildman–Crippen MR) is 145 cm³/mol. The topological polar surface area (TPSA) is 50.9 Å². The van der Waals surface area contributed by atoms with Crippen LogP contribution in [-0.2, 0) is 27.2 Å². The summed E-state index contributed by atoms with van der Waals surface area (Å²) in [5.41, 5.74) is 8.05. The second-order valence-electron chi connectivity index (χ2n) is 9.32. The third-order valence-corrected chi connectivity index (χ3v) is 6.25. The van der Waals surface area contributed by atoms with Crippen LogP contribution in [0.25, 0.3) is 33.4 Å². The smallest absolute Gasteiger partial charge is 0.143 e. The van der Waals surface area contributed by atoms with E-state index in [1.807, 2.05) is 36.1 Å². The molecule has 1 N–H and O–H groups in total. The number of phenolic OH excluding ortho intramolecular Hbond substituents is 1. The standard InChI is InChI=1S/C21H22N.C10H10N2O.Ir/c1-13(2)18-6-7-20-19(16(18)5)8-9-22-21(20)17-11-14(3)10-15(4)12-17;1-12-7-6-11-10(12)8-4-2-3-5-9(8)13;/h6-11,13H,1-5H3;2-7,13H,1H3;/q-1;;. The number of hydrogen-bond acceptors (Lipinski definition) is 3. The van der Waals surface area contributed by atoms with Crippen LogP contribution in [0.3, 0.4) is 0 Å². The number of phenols is 1. The van der Waals surface area contributed by atoms with Crippen molar-refractivity contribution in [1.82, 2.24) is 14.5 Å². The first-order valence-electron chi connectivity index (χ1n) is 11.9. The molecule has 0 bridgehead atoms. The average molecular weight is 655 g/mol. The van der Waals surface area contributed by atoms with Gasteiger partial charge in [0.2, 0.25) is 0 Å². The van der Waals surface area contributed by atoms with Gasteiger partial charge in [0.25, 0.3) is 0 Å². The predicted octanol–water partition coefficient (Wildman–Crippen LogP) is 7.54. The van der Waals surface area contributed by atoms with Crippen LogP contribution in [-0.4, -0.2) is 19.6 Å². The van der Waals surface area contributed by atoms with Crippen molar-refractivity contribution in [2.24, 2.45) is 7.05 Å². The number of pyridine rings is 1. The molecule has 0 aliphatic carbocycles. The Morgan fingerprint density at radius 1 is 0.889 bits per heavy atom. The maximum Gasteiger partial charge on any atom is 0.143 e. The molecule has 0 amide bonds. The van der Waals surface area contributed by atoms with Crippen molar-refractivity contribution in [2.45, 2.75) is 40.5 Å². The van der Waals surface area contributed by atoms with Crippen LogP contribution in [0, 0.1) is 26.8 Å². The molecule has 5 aromatic rings. The van der Waals surface area contributed by atoms with E-state index in [-0.39, 0.29) is 25.9 Å². The molecule has 0 unspecified atom stereocenters. The summed E-state index contributed by atoms with van der Waals surface area (Å²) in [4.78, 5) is 8.79. The Balaban J connectivity index is 0.000000221. The van der Waals surface area contributed by atoms with Crippen LogP contribution in [0.2, 0.25) is 0 Å². The van der Waals surface area contributed by atoms with E-state index in [1.54, 1.807) is 18.3 Å². The monoisotopic (exact) mass is 655 g/mol. The number of fused-ring (bicyclic) bond motifs is 1. The van der Waals surface area contributed by atoms with E-state index in [1.165, 1.54) is 27.5 Å². The van der Waals surface area contributed by atoms with Crippen LogP contribution in [0.1, 0.15) is 42.0 Å².